The van der Waals surface area contributed by atoms with Crippen LogP contribution in [0.25, 0.3) is 0 Å². The van der Waals surface area contributed by atoms with Gasteiger partial charge in [0.05, 0.1) is 12.1 Å². The van der Waals surface area contributed by atoms with Gasteiger partial charge in [-0.05, 0) is 36.8 Å². The fourth-order valence-corrected chi connectivity index (χ4v) is 5.82. The molecule has 9 nitrogen and oxygen atoms in total. The summed E-state index contributed by atoms with van der Waals surface area (Å²) >= 11 is 1.87. The zero-order valence-electron chi connectivity index (χ0n) is 30.0. The number of aliphatic hydroxyl groups excluding tert-OH is 1. The molecule has 2 aliphatic heterocycles. The van der Waals surface area contributed by atoms with E-state index in [1.807, 2.05) is 71.1 Å². The van der Waals surface area contributed by atoms with Crippen LogP contribution in [0.2, 0.25) is 0 Å². The van der Waals surface area contributed by atoms with Gasteiger partial charge in [-0.3, -0.25) is 9.59 Å². The van der Waals surface area contributed by atoms with Gasteiger partial charge in [-0.2, -0.15) is 26.3 Å². The number of carbonyl (C=O) groups is 4. The number of benzene rings is 2. The number of allylic oxidation sites excluding steroid dienone is 5. The number of hydrogen-bond acceptors (Lipinski definition) is 7. The first-order chi connectivity index (χ1) is 26.0. The van der Waals surface area contributed by atoms with E-state index in [0.717, 1.165) is 28.2 Å². The van der Waals surface area contributed by atoms with Crippen molar-refractivity contribution in [2.75, 3.05) is 17.6 Å². The van der Waals surface area contributed by atoms with Gasteiger partial charge in [0.15, 0.2) is 0 Å². The highest BCUT2D eigenvalue weighted by molar-refractivity contribution is 14.1. The summed E-state index contributed by atoms with van der Waals surface area (Å²) in [5, 5.41) is 10.0. The summed E-state index contributed by atoms with van der Waals surface area (Å²) in [6, 6.07) is 18.1. The van der Waals surface area contributed by atoms with Crippen LogP contribution in [0.15, 0.2) is 109 Å². The largest absolute Gasteiger partial charge is 0.447 e. The van der Waals surface area contributed by atoms with E-state index in [-0.39, 0.29) is 32.4 Å². The van der Waals surface area contributed by atoms with Gasteiger partial charge in [0.1, 0.15) is 19.3 Å². The van der Waals surface area contributed by atoms with E-state index < -0.39 is 66.6 Å². The third-order valence-electron chi connectivity index (χ3n) is 8.01. The van der Waals surface area contributed by atoms with Gasteiger partial charge < -0.3 is 14.6 Å². The summed E-state index contributed by atoms with van der Waals surface area (Å²) in [4.78, 5) is 49.4. The maximum atomic E-state index is 12.9. The van der Waals surface area contributed by atoms with Crippen LogP contribution >= 0.6 is 22.6 Å². The molecule has 0 spiro atoms. The van der Waals surface area contributed by atoms with Crippen molar-refractivity contribution in [1.29, 1.82) is 0 Å². The SMILES string of the molecule is C.C=CC/C(=C\CI)C(F)(F)F.C=CC/C(=C\C[C@H](O)C(=O)N1C(=O)OC[C@H]1Cc1ccccc1)C(F)(F)F.CCC(=O)N1C(=O)OC[C@H]1Cc1ccccc1. The number of halogens is 7. The molecule has 308 valence electrons. The summed E-state index contributed by atoms with van der Waals surface area (Å²) in [6.07, 6.45) is -7.54. The Labute approximate surface area is 336 Å². The molecule has 3 atom stereocenters. The van der Waals surface area contributed by atoms with Gasteiger partial charge in [-0.1, -0.05) is 122 Å². The van der Waals surface area contributed by atoms with E-state index in [2.05, 4.69) is 13.2 Å². The Kier molecular flexibility index (Phi) is 21.5. The number of imide groups is 2. The zero-order valence-corrected chi connectivity index (χ0v) is 32.2. The standard InChI is InChI=1S/C19H20F3NO4.C13H15NO3.C7H8F3I.CH4/c1-2-6-14(19(20,21)22)9-10-16(24)17(25)23-15(12-27-18(23)26)11-13-7-4-3-5-8-13;1-2-12(15)14-11(9-17-13(14)16)8-10-6-4-3-5-7-10;1-2-3-6(4-5-11)7(8,9)10;/h2-5,7-9,15-16,24H,1,6,10-12H2;3-7,11H,2,8-9H2,1H3;2,4H,1,3,5H2;1H4/b14-9+;;6-4+;/t15-,16+;11-;;/m11../s1. The first-order valence-electron chi connectivity index (χ1n) is 17.0. The van der Waals surface area contributed by atoms with Crippen LogP contribution in [0.5, 0.6) is 0 Å². The minimum absolute atomic E-state index is 0. The lowest BCUT2D eigenvalue weighted by Crippen LogP contribution is -2.45. The molecule has 1 N–H and O–H groups in total. The lowest BCUT2D eigenvalue weighted by atomic mass is 10.0. The number of cyclic esters (lactones) is 2. The normalized spacial score (nSPS) is 17.6. The fraction of sp³-hybridized carbons (Fsp3) is 0.400. The molecule has 2 aliphatic rings. The lowest BCUT2D eigenvalue weighted by molar-refractivity contribution is -0.138. The molecule has 0 aromatic heterocycles. The maximum absolute atomic E-state index is 12.9. The first kappa shape index (κ1) is 49.6. The Morgan fingerprint density at radius 1 is 0.804 bits per heavy atom. The highest BCUT2D eigenvalue weighted by Crippen LogP contribution is 2.30. The molecular weight excluding hydrogens is 861 g/mol. The number of aliphatic hydroxyl groups is 1. The van der Waals surface area contributed by atoms with E-state index in [1.54, 1.807) is 19.1 Å². The van der Waals surface area contributed by atoms with Crippen LogP contribution in [-0.2, 0) is 31.9 Å². The average Bonchev–Trinajstić information content (AvgIpc) is 3.69. The van der Waals surface area contributed by atoms with Crippen molar-refractivity contribution < 1.29 is 60.1 Å². The maximum Gasteiger partial charge on any atom is 0.417 e. The predicted molar refractivity (Wildman–Crippen MR) is 209 cm³/mol. The number of rotatable bonds is 13. The van der Waals surface area contributed by atoms with Crippen molar-refractivity contribution in [1.82, 2.24) is 9.80 Å². The Bertz CT molecular complexity index is 1650. The van der Waals surface area contributed by atoms with E-state index in [4.69, 9.17) is 9.47 Å². The minimum atomic E-state index is -4.58. The second-order valence-corrected chi connectivity index (χ2v) is 12.9. The first-order valence-corrected chi connectivity index (χ1v) is 18.6. The number of carbonyl (C=O) groups excluding carboxylic acids is 4. The predicted octanol–water partition coefficient (Wildman–Crippen LogP) is 9.50. The molecule has 2 aromatic rings. The zero-order chi connectivity index (χ0) is 41.2. The molecule has 16 heteroatoms. The summed E-state index contributed by atoms with van der Waals surface area (Å²) in [5.41, 5.74) is 0.541. The molecule has 56 heavy (non-hydrogen) atoms. The fourth-order valence-electron chi connectivity index (χ4n) is 5.29. The molecule has 0 bridgehead atoms. The van der Waals surface area contributed by atoms with E-state index in [1.165, 1.54) is 17.1 Å². The Balaban J connectivity index is 0.000000462. The average molecular weight is 909 g/mol. The molecule has 2 fully saturated rings. The summed E-state index contributed by atoms with van der Waals surface area (Å²) in [5.74, 6) is -1.15. The van der Waals surface area contributed by atoms with Crippen LogP contribution in [0.1, 0.15) is 51.2 Å². The monoisotopic (exact) mass is 908 g/mol. The summed E-state index contributed by atoms with van der Waals surface area (Å²) in [6.45, 7) is 8.51. The van der Waals surface area contributed by atoms with Crippen LogP contribution in [0, 0.1) is 0 Å². The minimum Gasteiger partial charge on any atom is -0.447 e. The van der Waals surface area contributed by atoms with Gasteiger partial charge in [0, 0.05) is 28.4 Å². The highest BCUT2D eigenvalue weighted by atomic mass is 127. The van der Waals surface area contributed by atoms with Crippen LogP contribution in [-0.4, -0.2) is 87.1 Å². The summed E-state index contributed by atoms with van der Waals surface area (Å²) < 4.78 is 84.7. The van der Waals surface area contributed by atoms with Crippen molar-refractivity contribution in [3.63, 3.8) is 0 Å². The van der Waals surface area contributed by atoms with Gasteiger partial charge >= 0.3 is 24.5 Å². The van der Waals surface area contributed by atoms with Crippen LogP contribution < -0.4 is 0 Å². The molecule has 0 saturated carbocycles. The van der Waals surface area contributed by atoms with Gasteiger partial charge in [0.2, 0.25) is 5.91 Å². The third-order valence-corrected chi connectivity index (χ3v) is 8.45. The molecule has 0 radical (unpaired) electrons. The molecule has 0 unspecified atom stereocenters. The molecule has 2 aromatic carbocycles. The Morgan fingerprint density at radius 2 is 1.21 bits per heavy atom. The molecule has 2 saturated heterocycles. The molecular formula is C40H47F6IN2O7. The number of amides is 4. The lowest BCUT2D eigenvalue weighted by Gasteiger charge is -2.22. The highest BCUT2D eigenvalue weighted by Gasteiger charge is 2.41. The van der Waals surface area contributed by atoms with Crippen molar-refractivity contribution in [2.24, 2.45) is 0 Å². The van der Waals surface area contributed by atoms with Crippen molar-refractivity contribution in [2.45, 2.75) is 83.4 Å². The van der Waals surface area contributed by atoms with Crippen LogP contribution in [0.4, 0.5) is 35.9 Å². The van der Waals surface area contributed by atoms with Crippen LogP contribution in [0.3, 0.4) is 0 Å². The second-order valence-electron chi connectivity index (χ2n) is 12.0. The molecule has 4 rings (SSSR count). The van der Waals surface area contributed by atoms with E-state index in [9.17, 15) is 50.6 Å². The Morgan fingerprint density at radius 3 is 1.61 bits per heavy atom. The summed E-state index contributed by atoms with van der Waals surface area (Å²) in [7, 11) is 0. The van der Waals surface area contributed by atoms with Crippen molar-refractivity contribution in [3.05, 3.63) is 120 Å². The third kappa shape index (κ3) is 16.0. The number of alkyl halides is 7. The second kappa shape index (κ2) is 24.2. The van der Waals surface area contributed by atoms with Crippen molar-refractivity contribution in [3.8, 4) is 0 Å². The number of ether oxygens (including phenoxy) is 2. The Hall–Kier alpha value is -4.45. The van der Waals surface area contributed by atoms with Gasteiger partial charge in [-0.25, -0.2) is 19.4 Å². The molecule has 4 amide bonds. The van der Waals surface area contributed by atoms with E-state index >= 15 is 0 Å². The number of hydrogen-bond donors (Lipinski definition) is 1. The van der Waals surface area contributed by atoms with Crippen molar-refractivity contribution >= 4 is 46.6 Å². The topological polar surface area (TPSA) is 113 Å². The smallest absolute Gasteiger partial charge is 0.417 e. The molecule has 2 heterocycles. The van der Waals surface area contributed by atoms with Gasteiger partial charge in [-0.15, -0.1) is 13.2 Å². The quantitative estimate of drug-likeness (QED) is 0.0923. The van der Waals surface area contributed by atoms with E-state index in [0.29, 0.717) is 30.3 Å². The number of nitrogens with zero attached hydrogens (tertiary/aromatic N) is 2. The van der Waals surface area contributed by atoms with Gasteiger partial charge in [0.25, 0.3) is 5.91 Å². The molecule has 0 aliphatic carbocycles.